The van der Waals surface area contributed by atoms with Crippen molar-refractivity contribution in [1.29, 1.82) is 0 Å². The molecule has 2 N–H and O–H groups in total. The fourth-order valence-corrected chi connectivity index (χ4v) is 3.90. The van der Waals surface area contributed by atoms with Gasteiger partial charge in [-0.1, -0.05) is 6.42 Å². The fraction of sp³-hybridized carbons (Fsp3) is 0.800. The summed E-state index contributed by atoms with van der Waals surface area (Å²) in [5.74, 6) is 1.56. The van der Waals surface area contributed by atoms with Crippen molar-refractivity contribution in [3.05, 3.63) is 11.6 Å². The van der Waals surface area contributed by atoms with Crippen molar-refractivity contribution in [1.82, 2.24) is 25.4 Å². The lowest BCUT2D eigenvalue weighted by molar-refractivity contribution is 0.0461. The minimum Gasteiger partial charge on any atom is -0.346 e. The Balaban J connectivity index is 1.39. The zero-order valence-corrected chi connectivity index (χ0v) is 12.5. The van der Waals surface area contributed by atoms with Crippen molar-refractivity contribution in [3.8, 4) is 0 Å². The second-order valence-corrected chi connectivity index (χ2v) is 6.86. The van der Waals surface area contributed by atoms with Crippen LogP contribution in [0.3, 0.4) is 0 Å². The standard InChI is InChI=1S/C15H23N5O/c1-20-11-3-2-4-12(20)8-10(7-11)16-15(21)14-17-13(18-19-14)9-5-6-9/h9-12H,2-8H2,1H3,(H,16,21)(H,17,18,19). The molecule has 1 aromatic heterocycles. The molecule has 21 heavy (non-hydrogen) atoms. The molecule has 3 fully saturated rings. The van der Waals surface area contributed by atoms with Crippen LogP contribution in [-0.4, -0.2) is 51.2 Å². The molecule has 114 valence electrons. The topological polar surface area (TPSA) is 73.9 Å². The van der Waals surface area contributed by atoms with Crippen LogP contribution < -0.4 is 5.32 Å². The van der Waals surface area contributed by atoms with Crippen LogP contribution in [0.15, 0.2) is 0 Å². The number of nitrogens with one attached hydrogen (secondary N) is 2. The predicted octanol–water partition coefficient (Wildman–Crippen LogP) is 1.43. The number of piperidine rings is 2. The van der Waals surface area contributed by atoms with Crippen LogP contribution in [0.4, 0.5) is 0 Å². The van der Waals surface area contributed by atoms with Gasteiger partial charge < -0.3 is 10.2 Å². The predicted molar refractivity (Wildman–Crippen MR) is 78.0 cm³/mol. The van der Waals surface area contributed by atoms with E-state index in [2.05, 4.69) is 32.4 Å². The molecule has 1 saturated carbocycles. The first-order chi connectivity index (χ1) is 10.2. The summed E-state index contributed by atoms with van der Waals surface area (Å²) in [7, 11) is 2.23. The van der Waals surface area contributed by atoms with E-state index in [1.807, 2.05) is 0 Å². The molecule has 1 aromatic rings. The van der Waals surface area contributed by atoms with E-state index in [0.717, 1.165) is 31.5 Å². The first kappa shape index (κ1) is 13.2. The molecule has 6 nitrogen and oxygen atoms in total. The van der Waals surface area contributed by atoms with Gasteiger partial charge in [0.2, 0.25) is 5.82 Å². The maximum absolute atomic E-state index is 12.3. The third kappa shape index (κ3) is 2.57. The lowest BCUT2D eigenvalue weighted by Crippen LogP contribution is -2.55. The Morgan fingerprint density at radius 1 is 1.24 bits per heavy atom. The van der Waals surface area contributed by atoms with Crippen molar-refractivity contribution >= 4 is 5.91 Å². The minimum absolute atomic E-state index is 0.120. The van der Waals surface area contributed by atoms with Gasteiger partial charge in [-0.25, -0.2) is 4.98 Å². The number of rotatable bonds is 3. The van der Waals surface area contributed by atoms with Gasteiger partial charge in [0.25, 0.3) is 5.91 Å². The van der Waals surface area contributed by atoms with Crippen molar-refractivity contribution < 1.29 is 4.79 Å². The van der Waals surface area contributed by atoms with E-state index in [-0.39, 0.29) is 11.9 Å². The summed E-state index contributed by atoms with van der Waals surface area (Å²) < 4.78 is 0. The number of nitrogens with zero attached hydrogens (tertiary/aromatic N) is 3. The van der Waals surface area contributed by atoms with E-state index in [0.29, 0.717) is 23.8 Å². The highest BCUT2D eigenvalue weighted by atomic mass is 16.2. The second-order valence-electron chi connectivity index (χ2n) is 6.86. The maximum atomic E-state index is 12.3. The highest BCUT2D eigenvalue weighted by molar-refractivity contribution is 5.90. The van der Waals surface area contributed by atoms with Gasteiger partial charge in [0.15, 0.2) is 0 Å². The molecule has 2 unspecified atom stereocenters. The Labute approximate surface area is 124 Å². The van der Waals surface area contributed by atoms with Crippen molar-refractivity contribution in [2.45, 2.75) is 69.0 Å². The van der Waals surface area contributed by atoms with Crippen molar-refractivity contribution in [2.75, 3.05) is 7.05 Å². The summed E-state index contributed by atoms with van der Waals surface area (Å²) in [6.07, 6.45) is 8.27. The SMILES string of the molecule is CN1C2CCCC1CC(NC(=O)c1n[nH]c(C3CC3)n1)C2. The van der Waals surface area contributed by atoms with Crippen LogP contribution >= 0.6 is 0 Å². The van der Waals surface area contributed by atoms with Crippen LogP contribution in [-0.2, 0) is 0 Å². The van der Waals surface area contributed by atoms with Crippen LogP contribution in [0.25, 0.3) is 0 Å². The Morgan fingerprint density at radius 3 is 2.62 bits per heavy atom. The summed E-state index contributed by atoms with van der Waals surface area (Å²) >= 11 is 0. The van der Waals surface area contributed by atoms with Gasteiger partial charge in [-0.15, -0.1) is 5.10 Å². The van der Waals surface area contributed by atoms with Gasteiger partial charge in [0.1, 0.15) is 5.82 Å². The van der Waals surface area contributed by atoms with Gasteiger partial charge in [0.05, 0.1) is 0 Å². The smallest absolute Gasteiger partial charge is 0.291 e. The molecular formula is C15H23N5O. The first-order valence-electron chi connectivity index (χ1n) is 8.16. The second kappa shape index (κ2) is 5.09. The Morgan fingerprint density at radius 2 is 1.95 bits per heavy atom. The van der Waals surface area contributed by atoms with Crippen LogP contribution in [0.2, 0.25) is 0 Å². The van der Waals surface area contributed by atoms with Gasteiger partial charge in [-0.05, 0) is 45.6 Å². The van der Waals surface area contributed by atoms with Gasteiger partial charge >= 0.3 is 0 Å². The molecule has 2 bridgehead atoms. The fourth-order valence-electron chi connectivity index (χ4n) is 3.90. The van der Waals surface area contributed by atoms with Crippen LogP contribution in [0.1, 0.15) is 67.3 Å². The number of hydrogen-bond acceptors (Lipinski definition) is 4. The molecule has 3 aliphatic rings. The number of aromatic nitrogens is 3. The molecular weight excluding hydrogens is 266 g/mol. The molecule has 2 aliphatic heterocycles. The van der Waals surface area contributed by atoms with Gasteiger partial charge in [-0.3, -0.25) is 9.89 Å². The number of amides is 1. The summed E-state index contributed by atoms with van der Waals surface area (Å²) in [5, 5.41) is 10.1. The first-order valence-corrected chi connectivity index (χ1v) is 8.16. The summed E-state index contributed by atoms with van der Waals surface area (Å²) in [5.41, 5.74) is 0. The number of aromatic amines is 1. The monoisotopic (exact) mass is 289 g/mol. The lowest BCUT2D eigenvalue weighted by atomic mass is 9.82. The average molecular weight is 289 g/mol. The molecule has 4 rings (SSSR count). The molecule has 1 amide bonds. The van der Waals surface area contributed by atoms with E-state index in [1.54, 1.807) is 0 Å². The molecule has 3 heterocycles. The lowest BCUT2D eigenvalue weighted by Gasteiger charge is -2.47. The van der Waals surface area contributed by atoms with Gasteiger partial charge in [-0.2, -0.15) is 0 Å². The van der Waals surface area contributed by atoms with Crippen LogP contribution in [0.5, 0.6) is 0 Å². The Kier molecular flexibility index (Phi) is 3.21. The molecule has 0 spiro atoms. The summed E-state index contributed by atoms with van der Waals surface area (Å²) in [4.78, 5) is 19.1. The number of hydrogen-bond donors (Lipinski definition) is 2. The quantitative estimate of drug-likeness (QED) is 0.883. The summed E-state index contributed by atoms with van der Waals surface area (Å²) in [6, 6.07) is 1.51. The van der Waals surface area contributed by atoms with E-state index in [9.17, 15) is 4.79 Å². The van der Waals surface area contributed by atoms with E-state index in [1.165, 1.54) is 19.3 Å². The zero-order chi connectivity index (χ0) is 14.4. The van der Waals surface area contributed by atoms with Gasteiger partial charge in [0, 0.05) is 24.0 Å². The largest absolute Gasteiger partial charge is 0.346 e. The number of fused-ring (bicyclic) bond motifs is 2. The molecule has 6 heteroatoms. The van der Waals surface area contributed by atoms with Crippen molar-refractivity contribution in [3.63, 3.8) is 0 Å². The molecule has 2 atom stereocenters. The highest BCUT2D eigenvalue weighted by Crippen LogP contribution is 2.37. The highest BCUT2D eigenvalue weighted by Gasteiger charge is 2.37. The average Bonchev–Trinajstić information content (AvgIpc) is 3.17. The zero-order valence-electron chi connectivity index (χ0n) is 12.5. The summed E-state index contributed by atoms with van der Waals surface area (Å²) in [6.45, 7) is 0. The van der Waals surface area contributed by atoms with Crippen molar-refractivity contribution in [2.24, 2.45) is 0 Å². The number of H-pyrrole nitrogens is 1. The number of carbonyl (C=O) groups is 1. The van der Waals surface area contributed by atoms with E-state index >= 15 is 0 Å². The maximum Gasteiger partial charge on any atom is 0.291 e. The molecule has 2 saturated heterocycles. The molecule has 0 aromatic carbocycles. The molecule has 0 radical (unpaired) electrons. The van der Waals surface area contributed by atoms with E-state index in [4.69, 9.17) is 0 Å². The van der Waals surface area contributed by atoms with E-state index < -0.39 is 0 Å². The third-order valence-electron chi connectivity index (χ3n) is 5.34. The Bertz CT molecular complexity index is 524. The number of carbonyl (C=O) groups excluding carboxylic acids is 1. The molecule has 1 aliphatic carbocycles. The normalized spacial score (nSPS) is 32.9. The Hall–Kier alpha value is -1.43. The minimum atomic E-state index is -0.120. The van der Waals surface area contributed by atoms with Crippen LogP contribution in [0, 0.1) is 0 Å². The third-order valence-corrected chi connectivity index (χ3v) is 5.34.